The molecule has 24 heavy (non-hydrogen) atoms. The summed E-state index contributed by atoms with van der Waals surface area (Å²) in [5.41, 5.74) is 3.83. The SMILES string of the molecule is CC[C@@H](C)[NH2+]CC(=O)N1CCc2sccc2[C@@H]1c1ccccc1C. The fourth-order valence-electron chi connectivity index (χ4n) is 3.40. The Morgan fingerprint density at radius 2 is 2.12 bits per heavy atom. The zero-order valence-electron chi connectivity index (χ0n) is 14.8. The predicted octanol–water partition coefficient (Wildman–Crippen LogP) is 2.89. The van der Waals surface area contributed by atoms with Gasteiger partial charge in [0, 0.05) is 11.4 Å². The largest absolute Gasteiger partial charge is 0.336 e. The number of amides is 1. The van der Waals surface area contributed by atoms with E-state index in [-0.39, 0.29) is 11.9 Å². The van der Waals surface area contributed by atoms with Crippen LogP contribution in [0.1, 0.15) is 47.9 Å². The fourth-order valence-corrected chi connectivity index (χ4v) is 4.30. The van der Waals surface area contributed by atoms with Crippen LogP contribution in [0.15, 0.2) is 35.7 Å². The Bertz CT molecular complexity index is 709. The lowest BCUT2D eigenvalue weighted by molar-refractivity contribution is -0.676. The Morgan fingerprint density at radius 1 is 1.33 bits per heavy atom. The van der Waals surface area contributed by atoms with Gasteiger partial charge in [-0.3, -0.25) is 4.79 Å². The molecule has 1 aliphatic heterocycles. The number of aryl methyl sites for hydroxylation is 1. The van der Waals surface area contributed by atoms with Crippen molar-refractivity contribution in [2.24, 2.45) is 0 Å². The maximum Gasteiger partial charge on any atom is 0.278 e. The molecule has 1 aliphatic rings. The molecule has 1 aromatic heterocycles. The van der Waals surface area contributed by atoms with Gasteiger partial charge in [0.25, 0.3) is 5.91 Å². The first-order chi connectivity index (χ1) is 11.6. The number of benzene rings is 1. The summed E-state index contributed by atoms with van der Waals surface area (Å²) in [5, 5.41) is 4.33. The minimum Gasteiger partial charge on any atom is -0.336 e. The number of quaternary nitrogens is 1. The van der Waals surface area contributed by atoms with Crippen molar-refractivity contribution in [1.82, 2.24) is 4.90 Å². The van der Waals surface area contributed by atoms with Crippen molar-refractivity contribution in [3.8, 4) is 0 Å². The van der Waals surface area contributed by atoms with E-state index >= 15 is 0 Å². The molecule has 0 aliphatic carbocycles. The summed E-state index contributed by atoms with van der Waals surface area (Å²) in [6.07, 6.45) is 2.06. The summed E-state index contributed by atoms with van der Waals surface area (Å²) in [4.78, 5) is 16.5. The number of carbonyl (C=O) groups excluding carboxylic acids is 1. The summed E-state index contributed by atoms with van der Waals surface area (Å²) in [6.45, 7) is 7.85. The van der Waals surface area contributed by atoms with E-state index in [1.807, 2.05) is 11.3 Å². The number of thiophene rings is 1. The van der Waals surface area contributed by atoms with Crippen molar-refractivity contribution in [3.63, 3.8) is 0 Å². The van der Waals surface area contributed by atoms with Crippen LogP contribution >= 0.6 is 11.3 Å². The maximum absolute atomic E-state index is 12.9. The predicted molar refractivity (Wildman–Crippen MR) is 99.3 cm³/mol. The van der Waals surface area contributed by atoms with E-state index < -0.39 is 0 Å². The summed E-state index contributed by atoms with van der Waals surface area (Å²) in [5.74, 6) is 0.250. The van der Waals surface area contributed by atoms with Crippen LogP contribution in [0.25, 0.3) is 0 Å². The average Bonchev–Trinajstić information content (AvgIpc) is 3.07. The van der Waals surface area contributed by atoms with E-state index in [1.165, 1.54) is 21.6 Å². The van der Waals surface area contributed by atoms with Crippen molar-refractivity contribution in [2.75, 3.05) is 13.1 Å². The monoisotopic (exact) mass is 343 g/mol. The normalized spacial score (nSPS) is 18.3. The third kappa shape index (κ3) is 3.40. The molecule has 1 aromatic carbocycles. The van der Waals surface area contributed by atoms with E-state index in [1.54, 1.807) is 0 Å². The lowest BCUT2D eigenvalue weighted by atomic mass is 9.90. The van der Waals surface area contributed by atoms with Gasteiger partial charge in [0.15, 0.2) is 6.54 Å². The minimum absolute atomic E-state index is 0.0685. The Labute approximate surface area is 148 Å². The van der Waals surface area contributed by atoms with Crippen LogP contribution in [0.2, 0.25) is 0 Å². The van der Waals surface area contributed by atoms with Crippen molar-refractivity contribution in [3.05, 3.63) is 57.3 Å². The highest BCUT2D eigenvalue weighted by atomic mass is 32.1. The second-order valence-corrected chi connectivity index (χ2v) is 7.72. The smallest absolute Gasteiger partial charge is 0.278 e. The maximum atomic E-state index is 12.9. The van der Waals surface area contributed by atoms with Gasteiger partial charge in [0.2, 0.25) is 0 Å². The number of rotatable bonds is 5. The van der Waals surface area contributed by atoms with Crippen LogP contribution in [0, 0.1) is 6.92 Å². The van der Waals surface area contributed by atoms with Gasteiger partial charge in [-0.2, -0.15) is 0 Å². The topological polar surface area (TPSA) is 36.9 Å². The molecule has 0 bridgehead atoms. The van der Waals surface area contributed by atoms with Crippen molar-refractivity contribution >= 4 is 17.2 Å². The van der Waals surface area contributed by atoms with Crippen molar-refractivity contribution in [1.29, 1.82) is 0 Å². The quantitative estimate of drug-likeness (QED) is 0.890. The molecule has 2 aromatic rings. The first-order valence-corrected chi connectivity index (χ1v) is 9.74. The molecule has 3 rings (SSSR count). The first-order valence-electron chi connectivity index (χ1n) is 8.86. The van der Waals surface area contributed by atoms with Gasteiger partial charge < -0.3 is 10.2 Å². The van der Waals surface area contributed by atoms with Crippen LogP contribution in [0.3, 0.4) is 0 Å². The van der Waals surface area contributed by atoms with Gasteiger partial charge >= 0.3 is 0 Å². The van der Waals surface area contributed by atoms with Crippen molar-refractivity contribution < 1.29 is 10.1 Å². The molecular formula is C20H27N2OS+. The number of carbonyl (C=O) groups is 1. The van der Waals surface area contributed by atoms with E-state index in [0.717, 1.165) is 19.4 Å². The zero-order valence-corrected chi connectivity index (χ0v) is 15.6. The molecule has 1 amide bonds. The van der Waals surface area contributed by atoms with E-state index in [9.17, 15) is 4.79 Å². The second-order valence-electron chi connectivity index (χ2n) is 6.72. The second kappa shape index (κ2) is 7.49. The lowest BCUT2D eigenvalue weighted by Gasteiger charge is -2.36. The molecular weight excluding hydrogens is 316 g/mol. The molecule has 0 fully saturated rings. The summed E-state index contributed by atoms with van der Waals surface area (Å²) in [7, 11) is 0. The number of hydrogen-bond acceptors (Lipinski definition) is 2. The van der Waals surface area contributed by atoms with Crippen molar-refractivity contribution in [2.45, 2.75) is 45.7 Å². The zero-order chi connectivity index (χ0) is 17.1. The van der Waals surface area contributed by atoms with E-state index in [2.05, 4.69) is 66.7 Å². The fraction of sp³-hybridized carbons (Fsp3) is 0.450. The van der Waals surface area contributed by atoms with Crippen LogP contribution in [-0.4, -0.2) is 29.9 Å². The molecule has 3 nitrogen and oxygen atoms in total. The van der Waals surface area contributed by atoms with Gasteiger partial charge in [0.05, 0.1) is 12.1 Å². The molecule has 0 spiro atoms. The molecule has 0 unspecified atom stereocenters. The summed E-state index contributed by atoms with van der Waals surface area (Å²) in [6, 6.07) is 11.2. The van der Waals surface area contributed by atoms with Gasteiger partial charge in [-0.05, 0) is 54.8 Å². The number of fused-ring (bicyclic) bond motifs is 1. The average molecular weight is 344 g/mol. The lowest BCUT2D eigenvalue weighted by Crippen LogP contribution is -2.91. The van der Waals surface area contributed by atoms with Gasteiger partial charge in [0.1, 0.15) is 0 Å². The highest BCUT2D eigenvalue weighted by Crippen LogP contribution is 2.38. The van der Waals surface area contributed by atoms with Crippen LogP contribution in [0.5, 0.6) is 0 Å². The van der Waals surface area contributed by atoms with Gasteiger partial charge in [-0.15, -0.1) is 11.3 Å². The Hall–Kier alpha value is -1.65. The molecule has 2 N–H and O–H groups in total. The molecule has 2 heterocycles. The number of nitrogens with two attached hydrogens (primary N) is 1. The molecule has 0 radical (unpaired) electrons. The molecule has 2 atom stereocenters. The summed E-state index contributed by atoms with van der Waals surface area (Å²) < 4.78 is 0. The van der Waals surface area contributed by atoms with Gasteiger partial charge in [-0.25, -0.2) is 0 Å². The number of hydrogen-bond donors (Lipinski definition) is 1. The van der Waals surface area contributed by atoms with E-state index in [0.29, 0.717) is 12.6 Å². The first kappa shape index (κ1) is 17.2. The van der Waals surface area contributed by atoms with Crippen LogP contribution < -0.4 is 5.32 Å². The minimum atomic E-state index is 0.0685. The molecule has 0 saturated heterocycles. The Kier molecular flexibility index (Phi) is 5.36. The van der Waals surface area contributed by atoms with Gasteiger partial charge in [-0.1, -0.05) is 31.2 Å². The third-order valence-electron chi connectivity index (χ3n) is 5.11. The summed E-state index contributed by atoms with van der Waals surface area (Å²) >= 11 is 1.82. The Balaban J connectivity index is 1.91. The standard InChI is InChI=1S/C20H26N2OS/c1-4-15(3)21-13-19(23)22-11-9-18-17(10-12-24-18)20(22)16-8-6-5-7-14(16)2/h5-8,10,12,15,20-21H,4,9,11,13H2,1-3H3/p+1/t15-,20+/m1/s1. The Morgan fingerprint density at radius 3 is 2.88 bits per heavy atom. The van der Waals surface area contributed by atoms with E-state index in [4.69, 9.17) is 0 Å². The van der Waals surface area contributed by atoms with Crippen LogP contribution in [0.4, 0.5) is 0 Å². The number of nitrogens with zero attached hydrogens (tertiary/aromatic N) is 1. The third-order valence-corrected chi connectivity index (χ3v) is 6.10. The molecule has 4 heteroatoms. The highest BCUT2D eigenvalue weighted by molar-refractivity contribution is 7.10. The molecule has 128 valence electrons. The highest BCUT2D eigenvalue weighted by Gasteiger charge is 2.33. The molecule has 0 saturated carbocycles. The van der Waals surface area contributed by atoms with Crippen LogP contribution in [-0.2, 0) is 11.2 Å².